The molecular formula is C31H49NO11. The van der Waals surface area contributed by atoms with Gasteiger partial charge in [-0.05, 0) is 63.6 Å². The van der Waals surface area contributed by atoms with E-state index in [1.165, 1.54) is 18.2 Å². The van der Waals surface area contributed by atoms with Gasteiger partial charge in [0.2, 0.25) is 0 Å². The van der Waals surface area contributed by atoms with E-state index in [2.05, 4.69) is 0 Å². The molecule has 0 aliphatic heterocycles. The minimum atomic E-state index is -1.44. The summed E-state index contributed by atoms with van der Waals surface area (Å²) < 4.78 is 31.9. The molecule has 0 bridgehead atoms. The van der Waals surface area contributed by atoms with Crippen LogP contribution < -0.4 is 15.2 Å². The molecule has 43 heavy (non-hydrogen) atoms. The Balaban J connectivity index is 3.37. The van der Waals surface area contributed by atoms with Gasteiger partial charge in [-0.15, -0.1) is 0 Å². The van der Waals surface area contributed by atoms with Crippen LogP contribution in [0.15, 0.2) is 18.2 Å². The van der Waals surface area contributed by atoms with Crippen molar-refractivity contribution in [2.45, 2.75) is 118 Å². The number of hydrogen-bond donors (Lipinski definition) is 2. The molecule has 0 spiro atoms. The SMILES string of the molecule is CCCC(C)OC(=O)Oc1ccc(C(C(C)C(C)OC(=O)OCCC(C)C)[C@H](N)C(=O)O)cc1OC(=O)OC(C)CCC. The van der Waals surface area contributed by atoms with Crippen molar-refractivity contribution < 1.29 is 52.7 Å². The van der Waals surface area contributed by atoms with Gasteiger partial charge in [-0.2, -0.15) is 0 Å². The van der Waals surface area contributed by atoms with Crippen LogP contribution in [0.3, 0.4) is 0 Å². The highest BCUT2D eigenvalue weighted by molar-refractivity contribution is 5.75. The molecule has 244 valence electrons. The number of nitrogens with two attached hydrogens (primary N) is 1. The first-order valence-corrected chi connectivity index (χ1v) is 14.9. The second kappa shape index (κ2) is 18.9. The first-order valence-electron chi connectivity index (χ1n) is 14.9. The number of aliphatic carboxylic acids is 1. The molecule has 0 saturated heterocycles. The highest BCUT2D eigenvalue weighted by Gasteiger charge is 2.36. The Kier molecular flexibility index (Phi) is 16.5. The molecule has 5 unspecified atom stereocenters. The van der Waals surface area contributed by atoms with Gasteiger partial charge in [0.15, 0.2) is 11.5 Å². The molecule has 0 aliphatic rings. The molecule has 1 aromatic carbocycles. The summed E-state index contributed by atoms with van der Waals surface area (Å²) in [5, 5.41) is 9.81. The van der Waals surface area contributed by atoms with Crippen LogP contribution in [0, 0.1) is 11.8 Å². The molecular weight excluding hydrogens is 562 g/mol. The fourth-order valence-electron chi connectivity index (χ4n) is 4.34. The summed E-state index contributed by atoms with van der Waals surface area (Å²) in [5.74, 6) is -2.89. The van der Waals surface area contributed by atoms with Crippen LogP contribution in [0.1, 0.15) is 99.0 Å². The third kappa shape index (κ3) is 13.5. The van der Waals surface area contributed by atoms with Crippen LogP contribution in [0.2, 0.25) is 0 Å². The van der Waals surface area contributed by atoms with Crippen LogP contribution in [-0.4, -0.2) is 60.5 Å². The Bertz CT molecular complexity index is 1040. The maximum atomic E-state index is 12.6. The molecule has 12 nitrogen and oxygen atoms in total. The zero-order valence-electron chi connectivity index (χ0n) is 26.6. The monoisotopic (exact) mass is 611 g/mol. The Labute approximate surface area is 254 Å². The second-order valence-electron chi connectivity index (χ2n) is 11.2. The summed E-state index contributed by atoms with van der Waals surface area (Å²) in [6, 6.07) is 2.75. The van der Waals surface area contributed by atoms with E-state index in [1.54, 1.807) is 27.7 Å². The van der Waals surface area contributed by atoms with Gasteiger partial charge in [-0.3, -0.25) is 4.79 Å². The molecule has 0 saturated carbocycles. The van der Waals surface area contributed by atoms with Crippen LogP contribution >= 0.6 is 0 Å². The van der Waals surface area contributed by atoms with E-state index in [-0.39, 0.29) is 18.1 Å². The average molecular weight is 612 g/mol. The highest BCUT2D eigenvalue weighted by Crippen LogP contribution is 2.37. The van der Waals surface area contributed by atoms with Gasteiger partial charge in [0.1, 0.15) is 24.4 Å². The van der Waals surface area contributed by atoms with Crippen molar-refractivity contribution in [3.8, 4) is 11.5 Å². The third-order valence-corrected chi connectivity index (χ3v) is 6.90. The topological polar surface area (TPSA) is 170 Å². The Morgan fingerprint density at radius 1 is 0.767 bits per heavy atom. The van der Waals surface area contributed by atoms with Crippen molar-refractivity contribution in [3.63, 3.8) is 0 Å². The first-order chi connectivity index (χ1) is 20.2. The van der Waals surface area contributed by atoms with E-state index in [1.807, 2.05) is 27.7 Å². The molecule has 1 rings (SSSR count). The zero-order valence-corrected chi connectivity index (χ0v) is 26.6. The number of hydrogen-bond acceptors (Lipinski definition) is 11. The number of carboxylic acids is 1. The van der Waals surface area contributed by atoms with Crippen molar-refractivity contribution in [2.75, 3.05) is 6.61 Å². The predicted molar refractivity (Wildman–Crippen MR) is 158 cm³/mol. The average Bonchev–Trinajstić information content (AvgIpc) is 2.89. The van der Waals surface area contributed by atoms with Crippen molar-refractivity contribution >= 4 is 24.4 Å². The van der Waals surface area contributed by atoms with Gasteiger partial charge in [0.05, 0.1) is 6.61 Å². The summed E-state index contributed by atoms with van der Waals surface area (Å²) in [7, 11) is 0. The molecule has 0 amide bonds. The summed E-state index contributed by atoms with van der Waals surface area (Å²) in [6.45, 7) is 14.8. The lowest BCUT2D eigenvalue weighted by molar-refractivity contribution is -0.139. The fraction of sp³-hybridized carbons (Fsp3) is 0.677. The summed E-state index contributed by atoms with van der Waals surface area (Å²) in [6.07, 6.45) is -1.11. The van der Waals surface area contributed by atoms with Gasteiger partial charge < -0.3 is 39.3 Å². The smallest absolute Gasteiger partial charge is 0.480 e. The molecule has 0 radical (unpaired) electrons. The van der Waals surface area contributed by atoms with Crippen molar-refractivity contribution in [1.82, 2.24) is 0 Å². The van der Waals surface area contributed by atoms with Crippen molar-refractivity contribution in [3.05, 3.63) is 23.8 Å². The Morgan fingerprint density at radius 3 is 1.79 bits per heavy atom. The zero-order chi connectivity index (χ0) is 32.7. The lowest BCUT2D eigenvalue weighted by Crippen LogP contribution is -2.42. The van der Waals surface area contributed by atoms with E-state index < -0.39 is 60.6 Å². The van der Waals surface area contributed by atoms with Crippen LogP contribution in [-0.2, 0) is 23.7 Å². The van der Waals surface area contributed by atoms with Gasteiger partial charge in [0, 0.05) is 11.8 Å². The summed E-state index contributed by atoms with van der Waals surface area (Å²) >= 11 is 0. The highest BCUT2D eigenvalue weighted by atomic mass is 16.8. The number of carbonyl (C=O) groups excluding carboxylic acids is 3. The van der Waals surface area contributed by atoms with Crippen LogP contribution in [0.5, 0.6) is 11.5 Å². The largest absolute Gasteiger partial charge is 0.514 e. The van der Waals surface area contributed by atoms with E-state index >= 15 is 0 Å². The maximum absolute atomic E-state index is 12.6. The predicted octanol–water partition coefficient (Wildman–Crippen LogP) is 6.81. The third-order valence-electron chi connectivity index (χ3n) is 6.90. The van der Waals surface area contributed by atoms with Gasteiger partial charge >= 0.3 is 24.4 Å². The molecule has 0 aliphatic carbocycles. The lowest BCUT2D eigenvalue weighted by Gasteiger charge is -2.31. The molecule has 3 N–H and O–H groups in total. The minimum Gasteiger partial charge on any atom is -0.480 e. The molecule has 0 heterocycles. The number of benzene rings is 1. The van der Waals surface area contributed by atoms with E-state index in [9.17, 15) is 24.3 Å². The lowest BCUT2D eigenvalue weighted by atomic mass is 9.79. The Hall–Kier alpha value is -3.54. The van der Waals surface area contributed by atoms with Gasteiger partial charge in [-0.1, -0.05) is 53.5 Å². The normalized spacial score (nSPS) is 15.3. The second-order valence-corrected chi connectivity index (χ2v) is 11.2. The van der Waals surface area contributed by atoms with E-state index in [4.69, 9.17) is 34.2 Å². The summed E-state index contributed by atoms with van der Waals surface area (Å²) in [5.41, 5.74) is 6.45. The number of carbonyl (C=O) groups is 4. The molecule has 12 heteroatoms. The standard InChI is InChI=1S/C31H49NO11/c1-9-11-19(5)39-30(36)42-24-14-13-23(17-25(24)43-31(37)40-20(6)12-10-2)26(27(32)28(33)34)21(7)22(8)41-29(35)38-16-15-18(3)4/h13-14,17-22,26-27H,9-12,15-16,32H2,1-8H3,(H,33,34)/t19?,20?,21?,22?,26?,27-/m0/s1. The Morgan fingerprint density at radius 2 is 1.30 bits per heavy atom. The van der Waals surface area contributed by atoms with Crippen LogP contribution in [0.4, 0.5) is 14.4 Å². The van der Waals surface area contributed by atoms with Gasteiger partial charge in [-0.25, -0.2) is 14.4 Å². The summed E-state index contributed by atoms with van der Waals surface area (Å²) in [4.78, 5) is 49.3. The number of ether oxygens (including phenoxy) is 6. The number of carboxylic acid groups (broad SMARTS) is 1. The first kappa shape index (κ1) is 37.5. The number of rotatable bonds is 17. The van der Waals surface area contributed by atoms with Crippen LogP contribution in [0.25, 0.3) is 0 Å². The van der Waals surface area contributed by atoms with Crippen molar-refractivity contribution in [2.24, 2.45) is 17.6 Å². The molecule has 6 atom stereocenters. The minimum absolute atomic E-state index is 0.147. The van der Waals surface area contributed by atoms with Gasteiger partial charge in [0.25, 0.3) is 0 Å². The fourth-order valence-corrected chi connectivity index (χ4v) is 4.34. The van der Waals surface area contributed by atoms with E-state index in [0.29, 0.717) is 30.7 Å². The van der Waals surface area contributed by atoms with Crippen molar-refractivity contribution in [1.29, 1.82) is 0 Å². The quantitative estimate of drug-likeness (QED) is 0.107. The van der Waals surface area contributed by atoms with E-state index in [0.717, 1.165) is 12.8 Å². The molecule has 1 aromatic rings. The molecule has 0 fully saturated rings. The molecule has 0 aromatic heterocycles. The maximum Gasteiger partial charge on any atom is 0.514 e.